The van der Waals surface area contributed by atoms with Crippen LogP contribution < -0.4 is 16.4 Å². The highest BCUT2D eigenvalue weighted by Crippen LogP contribution is 2.61. The Kier molecular flexibility index (Phi) is 6.29. The number of aryl methyl sites for hydroxylation is 1. The number of benzene rings is 1. The molecule has 0 saturated heterocycles. The van der Waals surface area contributed by atoms with Gasteiger partial charge in [0.05, 0.1) is 11.5 Å². The number of nitrogens with two attached hydrogens (primary N) is 1. The molecule has 1 aromatic carbocycles. The molecule has 1 heterocycles. The van der Waals surface area contributed by atoms with Crippen molar-refractivity contribution in [3.05, 3.63) is 58.9 Å². The molecule has 6 rings (SSSR count). The molecule has 2 aromatic rings. The zero-order valence-corrected chi connectivity index (χ0v) is 21.3. The zero-order chi connectivity index (χ0) is 24.9. The summed E-state index contributed by atoms with van der Waals surface area (Å²) in [6, 6.07) is 9.23. The Balaban J connectivity index is 1.13. The molecule has 4 aliphatic rings. The Morgan fingerprint density at radius 3 is 2.72 bits per heavy atom. The van der Waals surface area contributed by atoms with Crippen LogP contribution in [0.3, 0.4) is 0 Å². The number of nitrogens with zero attached hydrogens (tertiary/aromatic N) is 1. The molecule has 2 amide bonds. The maximum atomic E-state index is 13.5. The van der Waals surface area contributed by atoms with Gasteiger partial charge in [0, 0.05) is 35.6 Å². The molecule has 4 N–H and O–H groups in total. The quantitative estimate of drug-likeness (QED) is 0.530. The topological polar surface area (TPSA) is 97.1 Å². The van der Waals surface area contributed by atoms with Gasteiger partial charge >= 0.3 is 0 Å². The second-order valence-electron chi connectivity index (χ2n) is 11.6. The van der Waals surface area contributed by atoms with Crippen LogP contribution in [0, 0.1) is 29.1 Å². The van der Waals surface area contributed by atoms with Crippen molar-refractivity contribution in [2.45, 2.75) is 63.3 Å². The average molecular weight is 507 g/mol. The molecule has 0 spiro atoms. The summed E-state index contributed by atoms with van der Waals surface area (Å²) in [6.07, 6.45) is 11.3. The number of amides is 2. The lowest BCUT2D eigenvalue weighted by Gasteiger charge is -2.58. The lowest BCUT2D eigenvalue weighted by molar-refractivity contribution is -0.147. The van der Waals surface area contributed by atoms with Crippen LogP contribution >= 0.6 is 11.6 Å². The molecule has 3 saturated carbocycles. The minimum atomic E-state index is -0.520. The number of nitrogens with one attached hydrogen (secondary N) is 2. The van der Waals surface area contributed by atoms with Gasteiger partial charge in [0.25, 0.3) is 0 Å². The summed E-state index contributed by atoms with van der Waals surface area (Å²) in [6.45, 7) is 0.616. The van der Waals surface area contributed by atoms with Gasteiger partial charge < -0.3 is 16.4 Å². The monoisotopic (exact) mass is 506 g/mol. The standard InChI is InChI=1S/C29H35ClN4O2/c30-21-5-6-23-18(13-21)2-4-20(23)16-33-27(35)26(31)25-19-3-1-17-7-10-29(14-19,15-24(17)25)28(36)34-22-8-11-32-12-9-22/h5-6,8-9,11-13,17,19-20,24-26H,1-4,7,10,14-16,31H2,(H,33,35)(H,32,34,36). The van der Waals surface area contributed by atoms with E-state index in [1.54, 1.807) is 12.4 Å². The smallest absolute Gasteiger partial charge is 0.237 e. The summed E-state index contributed by atoms with van der Waals surface area (Å²) < 4.78 is 0. The maximum Gasteiger partial charge on any atom is 0.237 e. The summed E-state index contributed by atoms with van der Waals surface area (Å²) in [4.78, 5) is 30.9. The molecule has 190 valence electrons. The highest BCUT2D eigenvalue weighted by atomic mass is 35.5. The second kappa shape index (κ2) is 9.46. The molecule has 1 aromatic heterocycles. The summed E-state index contributed by atoms with van der Waals surface area (Å²) in [7, 11) is 0. The van der Waals surface area contributed by atoms with E-state index in [1.165, 1.54) is 17.5 Å². The fourth-order valence-electron chi connectivity index (χ4n) is 8.06. The van der Waals surface area contributed by atoms with Crippen LogP contribution in [-0.4, -0.2) is 29.4 Å². The van der Waals surface area contributed by atoms with E-state index in [0.29, 0.717) is 30.2 Å². The first kappa shape index (κ1) is 23.9. The van der Waals surface area contributed by atoms with Crippen LogP contribution in [0.25, 0.3) is 0 Å². The van der Waals surface area contributed by atoms with Crippen LogP contribution in [0.2, 0.25) is 5.02 Å². The Labute approximate surface area is 217 Å². The molecule has 7 atom stereocenters. The summed E-state index contributed by atoms with van der Waals surface area (Å²) in [5.74, 6) is 1.78. The van der Waals surface area contributed by atoms with Gasteiger partial charge in [-0.25, -0.2) is 0 Å². The number of carbonyl (C=O) groups is 2. The van der Waals surface area contributed by atoms with Crippen LogP contribution in [0.4, 0.5) is 5.69 Å². The number of anilines is 1. The van der Waals surface area contributed by atoms with Crippen molar-refractivity contribution in [1.82, 2.24) is 10.3 Å². The molecule has 4 aliphatic carbocycles. The van der Waals surface area contributed by atoms with Gasteiger partial charge in [-0.05, 0) is 110 Å². The van der Waals surface area contributed by atoms with Crippen molar-refractivity contribution >= 4 is 29.1 Å². The highest BCUT2D eigenvalue weighted by molar-refractivity contribution is 6.30. The predicted molar refractivity (Wildman–Crippen MR) is 140 cm³/mol. The van der Waals surface area contributed by atoms with Crippen molar-refractivity contribution in [2.24, 2.45) is 34.8 Å². The summed E-state index contributed by atoms with van der Waals surface area (Å²) >= 11 is 6.16. The number of aromatic nitrogens is 1. The first-order valence-electron chi connectivity index (χ1n) is 13.5. The lowest BCUT2D eigenvalue weighted by Crippen LogP contribution is -2.60. The molecule has 0 aliphatic heterocycles. The van der Waals surface area contributed by atoms with Gasteiger partial charge in [-0.2, -0.15) is 0 Å². The molecular formula is C29H35ClN4O2. The third-order valence-electron chi connectivity index (χ3n) is 9.79. The van der Waals surface area contributed by atoms with Crippen LogP contribution in [-0.2, 0) is 16.0 Å². The van der Waals surface area contributed by atoms with Crippen molar-refractivity contribution in [3.63, 3.8) is 0 Å². The minimum absolute atomic E-state index is 0.0348. The van der Waals surface area contributed by atoms with Gasteiger partial charge in [-0.1, -0.05) is 17.7 Å². The number of pyridine rings is 1. The Hall–Kier alpha value is -2.44. The number of fused-ring (bicyclic) bond motifs is 3. The SMILES string of the molecule is NC(C(=O)NCC1CCc2cc(Cl)ccc21)C1C2CCC3CCC(C(=O)Nc4ccncc4)(C2)CC31. The average Bonchev–Trinajstić information content (AvgIpc) is 3.27. The number of carbonyl (C=O) groups excluding carboxylic acids is 2. The number of rotatable bonds is 6. The zero-order valence-electron chi connectivity index (χ0n) is 20.6. The van der Waals surface area contributed by atoms with Crippen LogP contribution in [0.15, 0.2) is 42.7 Å². The maximum absolute atomic E-state index is 13.5. The Morgan fingerprint density at radius 1 is 1.08 bits per heavy atom. The predicted octanol–water partition coefficient (Wildman–Crippen LogP) is 4.68. The summed E-state index contributed by atoms with van der Waals surface area (Å²) in [5.41, 5.74) is 9.75. The first-order chi connectivity index (χ1) is 17.4. The normalized spacial score (nSPS) is 33.0. The van der Waals surface area contributed by atoms with E-state index in [0.717, 1.165) is 55.7 Å². The van der Waals surface area contributed by atoms with Crippen molar-refractivity contribution in [3.8, 4) is 0 Å². The van der Waals surface area contributed by atoms with Gasteiger partial charge in [0.1, 0.15) is 0 Å². The molecule has 36 heavy (non-hydrogen) atoms. The largest absolute Gasteiger partial charge is 0.354 e. The van der Waals surface area contributed by atoms with Gasteiger partial charge in [-0.15, -0.1) is 0 Å². The molecule has 7 heteroatoms. The van der Waals surface area contributed by atoms with Crippen molar-refractivity contribution < 1.29 is 9.59 Å². The third kappa shape index (κ3) is 4.22. The lowest BCUT2D eigenvalue weighted by atomic mass is 9.46. The van der Waals surface area contributed by atoms with E-state index in [9.17, 15) is 9.59 Å². The summed E-state index contributed by atoms with van der Waals surface area (Å²) in [5, 5.41) is 7.11. The van der Waals surface area contributed by atoms with E-state index in [4.69, 9.17) is 17.3 Å². The number of hydrogen-bond acceptors (Lipinski definition) is 4. The third-order valence-corrected chi connectivity index (χ3v) is 10.0. The first-order valence-corrected chi connectivity index (χ1v) is 13.8. The van der Waals surface area contributed by atoms with Gasteiger partial charge in [-0.3, -0.25) is 14.6 Å². The van der Waals surface area contributed by atoms with Crippen LogP contribution in [0.5, 0.6) is 0 Å². The van der Waals surface area contributed by atoms with E-state index in [2.05, 4.69) is 21.7 Å². The van der Waals surface area contributed by atoms with Crippen molar-refractivity contribution in [2.75, 3.05) is 11.9 Å². The molecule has 7 unspecified atom stereocenters. The minimum Gasteiger partial charge on any atom is -0.354 e. The molecule has 3 fully saturated rings. The fourth-order valence-corrected chi connectivity index (χ4v) is 8.25. The van der Waals surface area contributed by atoms with E-state index in [1.807, 2.05) is 24.3 Å². The van der Waals surface area contributed by atoms with Gasteiger partial charge in [0.15, 0.2) is 0 Å². The number of halogens is 1. The van der Waals surface area contributed by atoms with Crippen molar-refractivity contribution in [1.29, 1.82) is 0 Å². The highest BCUT2D eigenvalue weighted by Gasteiger charge is 2.58. The molecule has 3 bridgehead atoms. The van der Waals surface area contributed by atoms with E-state index in [-0.39, 0.29) is 23.1 Å². The Morgan fingerprint density at radius 2 is 1.89 bits per heavy atom. The molecular weight excluding hydrogens is 472 g/mol. The fraction of sp³-hybridized carbons (Fsp3) is 0.552. The van der Waals surface area contributed by atoms with Gasteiger partial charge in [0.2, 0.25) is 11.8 Å². The van der Waals surface area contributed by atoms with E-state index < -0.39 is 6.04 Å². The number of hydrogen-bond donors (Lipinski definition) is 3. The molecule has 0 radical (unpaired) electrons. The van der Waals surface area contributed by atoms with E-state index >= 15 is 0 Å². The Bertz CT molecular complexity index is 1150. The molecule has 6 nitrogen and oxygen atoms in total. The van der Waals surface area contributed by atoms with Crippen LogP contribution in [0.1, 0.15) is 62.0 Å². The second-order valence-corrected chi connectivity index (χ2v) is 12.0.